The van der Waals surface area contributed by atoms with Gasteiger partial charge in [0.2, 0.25) is 0 Å². The second-order valence-corrected chi connectivity index (χ2v) is 8.04. The molecule has 4 rings (SSSR count). The van der Waals surface area contributed by atoms with E-state index in [4.69, 9.17) is 19.6 Å². The van der Waals surface area contributed by atoms with E-state index in [0.29, 0.717) is 31.2 Å². The molecule has 1 aromatic carbocycles. The summed E-state index contributed by atoms with van der Waals surface area (Å²) in [6.45, 7) is 4.13. The lowest BCUT2D eigenvalue weighted by Crippen LogP contribution is -2.41. The highest BCUT2D eigenvalue weighted by molar-refractivity contribution is 5.67. The van der Waals surface area contributed by atoms with Crippen molar-refractivity contribution in [2.75, 3.05) is 29.9 Å². The molecule has 34 heavy (non-hydrogen) atoms. The van der Waals surface area contributed by atoms with Crippen molar-refractivity contribution in [3.63, 3.8) is 0 Å². The molecule has 1 fully saturated rings. The number of anilines is 3. The van der Waals surface area contributed by atoms with Crippen LogP contribution >= 0.6 is 0 Å². The van der Waals surface area contributed by atoms with Crippen LogP contribution in [0.2, 0.25) is 0 Å². The standard InChI is InChI=1S/C25H29N5O4/c1-2-33-20-7-3-4-8-21(20)34-19-6-5-13-30(17-19)24-16-26-15-23(29-24)28-22-11-9-18(14-27-22)10-12-25(31)32/h3-4,7-9,11,14-16,19H,2,5-6,10,12-13,17H2,1H3,(H,31,32)(H,27,28,29). The molecule has 9 nitrogen and oxygen atoms in total. The van der Waals surface area contributed by atoms with Crippen LogP contribution in [0.5, 0.6) is 11.5 Å². The molecule has 1 aliphatic rings. The Bertz CT molecular complexity index is 1090. The number of benzene rings is 1. The molecular formula is C25H29N5O4. The van der Waals surface area contributed by atoms with Gasteiger partial charge in [-0.2, -0.15) is 0 Å². The zero-order chi connectivity index (χ0) is 23.8. The monoisotopic (exact) mass is 463 g/mol. The van der Waals surface area contributed by atoms with Gasteiger partial charge < -0.3 is 24.8 Å². The summed E-state index contributed by atoms with van der Waals surface area (Å²) in [6, 6.07) is 11.4. The van der Waals surface area contributed by atoms with Crippen molar-refractivity contribution in [1.29, 1.82) is 0 Å². The van der Waals surface area contributed by atoms with Gasteiger partial charge in [0.25, 0.3) is 0 Å². The molecule has 1 unspecified atom stereocenters. The normalized spacial score (nSPS) is 15.6. The fourth-order valence-corrected chi connectivity index (χ4v) is 3.84. The number of aliphatic carboxylic acids is 1. The van der Waals surface area contributed by atoms with Crippen LogP contribution in [-0.2, 0) is 11.2 Å². The minimum absolute atomic E-state index is 0.0220. The van der Waals surface area contributed by atoms with E-state index in [1.807, 2.05) is 43.3 Å². The lowest BCUT2D eigenvalue weighted by molar-refractivity contribution is -0.136. The average molecular weight is 464 g/mol. The van der Waals surface area contributed by atoms with Crippen LogP contribution in [0.1, 0.15) is 31.7 Å². The van der Waals surface area contributed by atoms with Crippen LogP contribution in [0.25, 0.3) is 0 Å². The third-order valence-corrected chi connectivity index (χ3v) is 5.48. The minimum Gasteiger partial charge on any atom is -0.490 e. The first-order chi connectivity index (χ1) is 16.6. The smallest absolute Gasteiger partial charge is 0.303 e. The summed E-state index contributed by atoms with van der Waals surface area (Å²) in [5.41, 5.74) is 0.873. The number of rotatable bonds is 10. The van der Waals surface area contributed by atoms with Crippen LogP contribution in [0, 0.1) is 0 Å². The van der Waals surface area contributed by atoms with E-state index in [2.05, 4.69) is 20.2 Å². The highest BCUT2D eigenvalue weighted by Gasteiger charge is 2.24. The Labute approximate surface area is 198 Å². The van der Waals surface area contributed by atoms with Crippen molar-refractivity contribution < 1.29 is 19.4 Å². The van der Waals surface area contributed by atoms with E-state index < -0.39 is 5.97 Å². The van der Waals surface area contributed by atoms with Crippen molar-refractivity contribution in [2.45, 2.75) is 38.7 Å². The van der Waals surface area contributed by atoms with Gasteiger partial charge in [0, 0.05) is 19.2 Å². The van der Waals surface area contributed by atoms with E-state index in [1.165, 1.54) is 0 Å². The van der Waals surface area contributed by atoms with Crippen LogP contribution in [0.15, 0.2) is 55.0 Å². The number of carbonyl (C=O) groups is 1. The number of pyridine rings is 1. The third kappa shape index (κ3) is 6.34. The maximum Gasteiger partial charge on any atom is 0.303 e. The molecule has 9 heteroatoms. The van der Waals surface area contributed by atoms with Gasteiger partial charge in [0.05, 0.1) is 25.5 Å². The first-order valence-corrected chi connectivity index (χ1v) is 11.5. The highest BCUT2D eigenvalue weighted by atomic mass is 16.5. The van der Waals surface area contributed by atoms with Gasteiger partial charge in [-0.05, 0) is 49.9 Å². The van der Waals surface area contributed by atoms with Gasteiger partial charge in [0.1, 0.15) is 17.7 Å². The Kier molecular flexibility index (Phi) is 7.75. The van der Waals surface area contributed by atoms with Crippen LogP contribution in [0.3, 0.4) is 0 Å². The predicted molar refractivity (Wildman–Crippen MR) is 129 cm³/mol. The molecule has 0 spiro atoms. The number of aryl methyl sites for hydroxylation is 1. The quantitative estimate of drug-likeness (QED) is 0.459. The van der Waals surface area contributed by atoms with Gasteiger partial charge >= 0.3 is 5.97 Å². The van der Waals surface area contributed by atoms with E-state index in [-0.39, 0.29) is 12.5 Å². The topological polar surface area (TPSA) is 110 Å². The first-order valence-electron chi connectivity index (χ1n) is 11.5. The average Bonchev–Trinajstić information content (AvgIpc) is 2.85. The van der Waals surface area contributed by atoms with Crippen LogP contribution in [0.4, 0.5) is 17.5 Å². The van der Waals surface area contributed by atoms with E-state index in [0.717, 1.165) is 42.3 Å². The van der Waals surface area contributed by atoms with Crippen LogP contribution < -0.4 is 19.7 Å². The summed E-state index contributed by atoms with van der Waals surface area (Å²) in [4.78, 5) is 26.3. The number of carboxylic acid groups (broad SMARTS) is 1. The second-order valence-electron chi connectivity index (χ2n) is 8.04. The summed E-state index contributed by atoms with van der Waals surface area (Å²) in [6.07, 6.45) is 7.58. The summed E-state index contributed by atoms with van der Waals surface area (Å²) in [5, 5.41) is 12.0. The largest absolute Gasteiger partial charge is 0.490 e. The van der Waals surface area contributed by atoms with Crippen LogP contribution in [-0.4, -0.2) is 51.8 Å². The number of hydrogen-bond acceptors (Lipinski definition) is 8. The Balaban J connectivity index is 1.39. The molecule has 0 amide bonds. The number of aromatic nitrogens is 3. The predicted octanol–water partition coefficient (Wildman–Crippen LogP) is 4.08. The van der Waals surface area contributed by atoms with Crippen molar-refractivity contribution >= 4 is 23.4 Å². The number of ether oxygens (including phenoxy) is 2. The number of para-hydroxylation sites is 2. The maximum absolute atomic E-state index is 10.7. The fourth-order valence-electron chi connectivity index (χ4n) is 3.84. The molecule has 0 radical (unpaired) electrons. The summed E-state index contributed by atoms with van der Waals surface area (Å²) >= 11 is 0. The number of piperidine rings is 1. The van der Waals surface area contributed by atoms with E-state index >= 15 is 0 Å². The number of nitrogens with zero attached hydrogens (tertiary/aromatic N) is 4. The Morgan fingerprint density at radius 2 is 2.00 bits per heavy atom. The van der Waals surface area contributed by atoms with Gasteiger partial charge in [0.15, 0.2) is 17.3 Å². The minimum atomic E-state index is -0.821. The lowest BCUT2D eigenvalue weighted by Gasteiger charge is -2.33. The molecule has 178 valence electrons. The molecule has 0 aliphatic carbocycles. The van der Waals surface area contributed by atoms with Gasteiger partial charge in [-0.3, -0.25) is 9.78 Å². The molecule has 3 heterocycles. The SMILES string of the molecule is CCOc1ccccc1OC1CCCN(c2cncc(Nc3ccc(CCC(=O)O)cn3)n2)C1. The number of hydrogen-bond donors (Lipinski definition) is 2. The van der Waals surface area contributed by atoms with Crippen molar-refractivity contribution in [1.82, 2.24) is 15.0 Å². The molecular weight excluding hydrogens is 434 g/mol. The maximum atomic E-state index is 10.7. The van der Waals surface area contributed by atoms with E-state index in [9.17, 15) is 4.79 Å². The van der Waals surface area contributed by atoms with Crippen molar-refractivity contribution in [2.24, 2.45) is 0 Å². The zero-order valence-electron chi connectivity index (χ0n) is 19.2. The van der Waals surface area contributed by atoms with Crippen molar-refractivity contribution in [3.05, 3.63) is 60.6 Å². The molecule has 0 bridgehead atoms. The molecule has 2 aromatic heterocycles. The highest BCUT2D eigenvalue weighted by Crippen LogP contribution is 2.30. The van der Waals surface area contributed by atoms with Gasteiger partial charge in [-0.15, -0.1) is 0 Å². The lowest BCUT2D eigenvalue weighted by atomic mass is 10.1. The fraction of sp³-hybridized carbons (Fsp3) is 0.360. The van der Waals surface area contributed by atoms with Crippen molar-refractivity contribution in [3.8, 4) is 11.5 Å². The number of nitrogens with one attached hydrogen (secondary N) is 1. The molecule has 1 atom stereocenters. The van der Waals surface area contributed by atoms with E-state index in [1.54, 1.807) is 18.6 Å². The molecule has 3 aromatic rings. The molecule has 0 saturated carbocycles. The summed E-state index contributed by atoms with van der Waals surface area (Å²) in [5.74, 6) is 2.68. The third-order valence-electron chi connectivity index (χ3n) is 5.48. The second kappa shape index (κ2) is 11.3. The Morgan fingerprint density at radius 3 is 2.76 bits per heavy atom. The Morgan fingerprint density at radius 1 is 1.15 bits per heavy atom. The number of carboxylic acids is 1. The zero-order valence-corrected chi connectivity index (χ0v) is 19.2. The summed E-state index contributed by atoms with van der Waals surface area (Å²) in [7, 11) is 0. The molecule has 1 saturated heterocycles. The summed E-state index contributed by atoms with van der Waals surface area (Å²) < 4.78 is 12.0. The first kappa shape index (κ1) is 23.3. The molecule has 1 aliphatic heterocycles. The Hall–Kier alpha value is -3.88. The van der Waals surface area contributed by atoms with Gasteiger partial charge in [-0.1, -0.05) is 18.2 Å². The van der Waals surface area contributed by atoms with Gasteiger partial charge in [-0.25, -0.2) is 9.97 Å². The molecule has 2 N–H and O–H groups in total.